The van der Waals surface area contributed by atoms with Gasteiger partial charge in [0.2, 0.25) is 5.91 Å². The number of halogens is 2. The smallest absolute Gasteiger partial charge is 0.222 e. The minimum absolute atomic E-state index is 0.0683. The first-order valence-electron chi connectivity index (χ1n) is 9.77. The molecule has 3 rings (SSSR count). The van der Waals surface area contributed by atoms with Crippen molar-refractivity contribution in [2.45, 2.75) is 51.4 Å². The van der Waals surface area contributed by atoms with E-state index in [0.717, 1.165) is 5.56 Å². The van der Waals surface area contributed by atoms with E-state index < -0.39 is 23.6 Å². The van der Waals surface area contributed by atoms with E-state index in [-0.39, 0.29) is 17.6 Å². The number of nitrogens with one attached hydrogen (secondary N) is 1. The highest BCUT2D eigenvalue weighted by molar-refractivity contribution is 5.78. The molecule has 1 heterocycles. The third-order valence-corrected chi connectivity index (χ3v) is 5.35. The fourth-order valence-corrected chi connectivity index (χ4v) is 3.69. The van der Waals surface area contributed by atoms with Gasteiger partial charge in [-0.1, -0.05) is 26.0 Å². The summed E-state index contributed by atoms with van der Waals surface area (Å²) >= 11 is 0. The molecule has 29 heavy (non-hydrogen) atoms. The Morgan fingerprint density at radius 2 is 1.79 bits per heavy atom. The molecule has 1 N–H and O–H groups in total. The molecular weight excluding hydrogens is 376 g/mol. The lowest BCUT2D eigenvalue weighted by Gasteiger charge is -2.43. The van der Waals surface area contributed by atoms with Crippen LogP contribution >= 0.6 is 0 Å². The molecule has 0 spiro atoms. The van der Waals surface area contributed by atoms with E-state index >= 15 is 0 Å². The number of carbonyl (C=O) groups is 1. The number of hydrogen-bond acceptors (Lipinski definition) is 3. The van der Waals surface area contributed by atoms with Crippen molar-refractivity contribution in [3.05, 3.63) is 65.2 Å². The molecule has 1 aliphatic rings. The molecule has 2 aromatic rings. The lowest BCUT2D eigenvalue weighted by molar-refractivity contribution is -0.131. The van der Waals surface area contributed by atoms with Gasteiger partial charge in [-0.05, 0) is 36.8 Å². The molecule has 0 bridgehead atoms. The summed E-state index contributed by atoms with van der Waals surface area (Å²) in [4.78, 5) is 12.4. The van der Waals surface area contributed by atoms with Gasteiger partial charge in [0.05, 0.1) is 19.3 Å². The maximum absolute atomic E-state index is 14.7. The van der Waals surface area contributed by atoms with Crippen molar-refractivity contribution in [3.8, 4) is 5.75 Å². The average Bonchev–Trinajstić information content (AvgIpc) is 2.67. The van der Waals surface area contributed by atoms with Gasteiger partial charge >= 0.3 is 0 Å². The van der Waals surface area contributed by atoms with Crippen molar-refractivity contribution < 1.29 is 23.0 Å². The number of benzene rings is 2. The van der Waals surface area contributed by atoms with Crippen LogP contribution in [0.15, 0.2) is 42.5 Å². The van der Waals surface area contributed by atoms with Crippen molar-refractivity contribution in [1.82, 2.24) is 5.32 Å². The standard InChI is InChI=1S/C23H27F2NO3/c1-14(2)22(27)26-23(3)12-20(15-5-7-16(24)8-6-15)29-21(13-23)18-10-9-17(28-4)11-19(18)25/h5-11,14,20-21H,12-13H2,1-4H3,(H,26,27)/t20-,21+,23-/m0/s1. The van der Waals surface area contributed by atoms with E-state index in [2.05, 4.69) is 5.32 Å². The van der Waals surface area contributed by atoms with Gasteiger partial charge in [-0.3, -0.25) is 4.79 Å². The van der Waals surface area contributed by atoms with Crippen LogP contribution in [0.1, 0.15) is 56.9 Å². The van der Waals surface area contributed by atoms with E-state index in [9.17, 15) is 13.6 Å². The van der Waals surface area contributed by atoms with Gasteiger partial charge in [-0.2, -0.15) is 0 Å². The lowest BCUT2D eigenvalue weighted by atomic mass is 9.81. The maximum atomic E-state index is 14.7. The number of carbonyl (C=O) groups excluding carboxylic acids is 1. The number of ether oxygens (including phenoxy) is 2. The molecular formula is C23H27F2NO3. The van der Waals surface area contributed by atoms with Crippen LogP contribution in [0.2, 0.25) is 0 Å². The summed E-state index contributed by atoms with van der Waals surface area (Å²) in [5.41, 5.74) is 0.591. The third kappa shape index (κ3) is 4.93. The van der Waals surface area contributed by atoms with Crippen molar-refractivity contribution in [2.24, 2.45) is 5.92 Å². The van der Waals surface area contributed by atoms with Crippen LogP contribution in [0.4, 0.5) is 8.78 Å². The van der Waals surface area contributed by atoms with Gasteiger partial charge in [0.15, 0.2) is 0 Å². The van der Waals surface area contributed by atoms with Gasteiger partial charge in [0.25, 0.3) is 0 Å². The largest absolute Gasteiger partial charge is 0.497 e. The van der Waals surface area contributed by atoms with Crippen LogP contribution in [0.5, 0.6) is 5.75 Å². The predicted octanol–water partition coefficient (Wildman–Crippen LogP) is 5.10. The van der Waals surface area contributed by atoms with Crippen LogP contribution in [-0.2, 0) is 9.53 Å². The molecule has 1 saturated heterocycles. The maximum Gasteiger partial charge on any atom is 0.222 e. The summed E-state index contributed by atoms with van der Waals surface area (Å²) in [6.07, 6.45) is -0.0481. The normalized spacial score (nSPS) is 24.4. The monoisotopic (exact) mass is 403 g/mol. The van der Waals surface area contributed by atoms with Crippen molar-refractivity contribution in [1.29, 1.82) is 0 Å². The SMILES string of the molecule is COc1ccc([C@H]2C[C@@](C)(NC(=O)C(C)C)C[C@@H](c3ccc(F)cc3)O2)c(F)c1. The molecule has 1 fully saturated rings. The van der Waals surface area contributed by atoms with Gasteiger partial charge in [0.1, 0.15) is 17.4 Å². The topological polar surface area (TPSA) is 47.6 Å². The van der Waals surface area contributed by atoms with E-state index in [4.69, 9.17) is 9.47 Å². The van der Waals surface area contributed by atoms with Gasteiger partial charge < -0.3 is 14.8 Å². The van der Waals surface area contributed by atoms with Crippen molar-refractivity contribution in [2.75, 3.05) is 7.11 Å². The zero-order valence-electron chi connectivity index (χ0n) is 17.2. The number of methoxy groups -OCH3 is 1. The molecule has 2 aromatic carbocycles. The summed E-state index contributed by atoms with van der Waals surface area (Å²) in [5.74, 6) is -0.575. The second-order valence-corrected chi connectivity index (χ2v) is 8.17. The van der Waals surface area contributed by atoms with Crippen molar-refractivity contribution >= 4 is 5.91 Å². The fourth-order valence-electron chi connectivity index (χ4n) is 3.69. The Balaban J connectivity index is 1.95. The Morgan fingerprint density at radius 1 is 1.14 bits per heavy atom. The average molecular weight is 403 g/mol. The molecule has 1 amide bonds. The Hall–Kier alpha value is -2.47. The fraction of sp³-hybridized carbons (Fsp3) is 0.435. The van der Waals surface area contributed by atoms with Crippen LogP contribution < -0.4 is 10.1 Å². The quantitative estimate of drug-likeness (QED) is 0.756. The predicted molar refractivity (Wildman–Crippen MR) is 107 cm³/mol. The summed E-state index contributed by atoms with van der Waals surface area (Å²) in [6, 6.07) is 10.7. The van der Waals surface area contributed by atoms with Crippen LogP contribution in [0, 0.1) is 17.6 Å². The zero-order chi connectivity index (χ0) is 21.2. The Bertz CT molecular complexity index is 869. The molecule has 156 valence electrons. The zero-order valence-corrected chi connectivity index (χ0v) is 17.2. The number of hydrogen-bond donors (Lipinski definition) is 1. The first kappa shape index (κ1) is 21.2. The van der Waals surface area contributed by atoms with Crippen LogP contribution in [0.25, 0.3) is 0 Å². The molecule has 0 saturated carbocycles. The van der Waals surface area contributed by atoms with Crippen LogP contribution in [0.3, 0.4) is 0 Å². The van der Waals surface area contributed by atoms with Gasteiger partial charge in [0, 0.05) is 35.9 Å². The summed E-state index contributed by atoms with van der Waals surface area (Å²) < 4.78 is 39.4. The van der Waals surface area contributed by atoms with Crippen molar-refractivity contribution in [3.63, 3.8) is 0 Å². The molecule has 3 atom stereocenters. The van der Waals surface area contributed by atoms with Gasteiger partial charge in [-0.25, -0.2) is 8.78 Å². The van der Waals surface area contributed by atoms with E-state index in [1.807, 2.05) is 20.8 Å². The molecule has 0 unspecified atom stereocenters. The summed E-state index contributed by atoms with van der Waals surface area (Å²) in [6.45, 7) is 5.60. The molecule has 0 radical (unpaired) electrons. The third-order valence-electron chi connectivity index (χ3n) is 5.35. The summed E-state index contributed by atoms with van der Waals surface area (Å²) in [5, 5.41) is 3.11. The van der Waals surface area contributed by atoms with E-state index in [1.54, 1.807) is 24.3 Å². The van der Waals surface area contributed by atoms with E-state index in [1.165, 1.54) is 25.3 Å². The highest BCUT2D eigenvalue weighted by Gasteiger charge is 2.41. The number of amides is 1. The molecule has 6 heteroatoms. The number of rotatable bonds is 5. The summed E-state index contributed by atoms with van der Waals surface area (Å²) in [7, 11) is 1.48. The second kappa shape index (κ2) is 8.49. The highest BCUT2D eigenvalue weighted by Crippen LogP contribution is 2.44. The van der Waals surface area contributed by atoms with Gasteiger partial charge in [-0.15, -0.1) is 0 Å². The Labute approximate surface area is 170 Å². The first-order chi connectivity index (χ1) is 13.7. The molecule has 4 nitrogen and oxygen atoms in total. The lowest BCUT2D eigenvalue weighted by Crippen LogP contribution is -2.52. The molecule has 0 aromatic heterocycles. The Morgan fingerprint density at radius 3 is 2.38 bits per heavy atom. The Kier molecular flexibility index (Phi) is 6.22. The minimum Gasteiger partial charge on any atom is -0.497 e. The second-order valence-electron chi connectivity index (χ2n) is 8.17. The molecule has 1 aliphatic heterocycles. The minimum atomic E-state index is -0.601. The van der Waals surface area contributed by atoms with Crippen LogP contribution in [-0.4, -0.2) is 18.6 Å². The highest BCUT2D eigenvalue weighted by atomic mass is 19.1. The first-order valence-corrected chi connectivity index (χ1v) is 9.77. The van der Waals surface area contributed by atoms with E-state index in [0.29, 0.717) is 24.2 Å². The molecule has 0 aliphatic carbocycles.